The second-order valence-electron chi connectivity index (χ2n) is 4.72. The van der Waals surface area contributed by atoms with Crippen LogP contribution in [0.4, 0.5) is 17.2 Å². The second-order valence-corrected chi connectivity index (χ2v) is 4.72. The average molecular weight is 261 g/mol. The maximum absolute atomic E-state index is 8.91. The van der Waals surface area contributed by atoms with Crippen molar-refractivity contribution in [3.8, 4) is 6.07 Å². The maximum Gasteiger partial charge on any atom is 0.158 e. The number of nitriles is 1. The predicted octanol–water partition coefficient (Wildman–Crippen LogP) is 2.96. The Labute approximate surface area is 115 Å². The van der Waals surface area contributed by atoms with Gasteiger partial charge in [-0.15, -0.1) is 0 Å². The van der Waals surface area contributed by atoms with Gasteiger partial charge in [0.25, 0.3) is 0 Å². The Kier molecular flexibility index (Phi) is 2.18. The van der Waals surface area contributed by atoms with Crippen LogP contribution in [0.5, 0.6) is 0 Å². The monoisotopic (exact) mass is 261 g/mol. The van der Waals surface area contributed by atoms with E-state index >= 15 is 0 Å². The van der Waals surface area contributed by atoms with Crippen molar-refractivity contribution in [3.05, 3.63) is 48.3 Å². The number of benzene rings is 1. The molecular weight excluding hydrogens is 250 g/mol. The molecule has 1 aliphatic rings. The van der Waals surface area contributed by atoms with Gasteiger partial charge in [0.1, 0.15) is 6.07 Å². The molecule has 20 heavy (non-hydrogen) atoms. The predicted molar refractivity (Wildman–Crippen MR) is 77.9 cm³/mol. The molecule has 2 aromatic heterocycles. The third-order valence-corrected chi connectivity index (χ3v) is 3.53. The molecule has 2 N–H and O–H groups in total. The smallest absolute Gasteiger partial charge is 0.158 e. The fourth-order valence-electron chi connectivity index (χ4n) is 2.53. The van der Waals surface area contributed by atoms with Gasteiger partial charge in [-0.25, -0.2) is 4.98 Å². The van der Waals surface area contributed by atoms with Crippen LogP contribution in [-0.2, 0) is 0 Å². The van der Waals surface area contributed by atoms with Gasteiger partial charge in [0.05, 0.1) is 17.9 Å². The quantitative estimate of drug-likeness (QED) is 0.706. The summed E-state index contributed by atoms with van der Waals surface area (Å²) in [5.74, 6) is 0.860. The van der Waals surface area contributed by atoms with E-state index < -0.39 is 0 Å². The summed E-state index contributed by atoms with van der Waals surface area (Å²) in [5, 5.41) is 13.4. The molecular formula is C15H11N5. The Morgan fingerprint density at radius 2 is 2.20 bits per heavy atom. The molecule has 0 unspecified atom stereocenters. The lowest BCUT2D eigenvalue weighted by Crippen LogP contribution is -2.16. The molecule has 1 aromatic carbocycles. The first-order chi connectivity index (χ1) is 9.85. The van der Waals surface area contributed by atoms with Crippen molar-refractivity contribution in [2.75, 3.05) is 16.9 Å². The van der Waals surface area contributed by atoms with E-state index in [1.54, 1.807) is 6.20 Å². The Morgan fingerprint density at radius 3 is 3.10 bits per heavy atom. The third-order valence-electron chi connectivity index (χ3n) is 3.53. The van der Waals surface area contributed by atoms with Gasteiger partial charge in [0.2, 0.25) is 0 Å². The van der Waals surface area contributed by atoms with E-state index in [1.807, 2.05) is 12.3 Å². The minimum atomic E-state index is 0.569. The molecule has 4 rings (SSSR count). The van der Waals surface area contributed by atoms with E-state index in [2.05, 4.69) is 50.5 Å². The van der Waals surface area contributed by atoms with Gasteiger partial charge in [0.15, 0.2) is 5.82 Å². The summed E-state index contributed by atoms with van der Waals surface area (Å²) in [5.41, 5.74) is 3.67. The van der Waals surface area contributed by atoms with Crippen molar-refractivity contribution in [2.24, 2.45) is 0 Å². The molecule has 5 heteroatoms. The molecule has 0 radical (unpaired) electrons. The highest BCUT2D eigenvalue weighted by molar-refractivity contribution is 5.87. The zero-order chi connectivity index (χ0) is 13.5. The molecule has 1 aliphatic heterocycles. The Bertz CT molecular complexity index is 843. The molecule has 0 atom stereocenters. The molecule has 96 valence electrons. The van der Waals surface area contributed by atoms with Crippen LogP contribution in [0.1, 0.15) is 5.56 Å². The Morgan fingerprint density at radius 1 is 1.25 bits per heavy atom. The van der Waals surface area contributed by atoms with Crippen LogP contribution in [0.2, 0.25) is 0 Å². The van der Waals surface area contributed by atoms with Crippen LogP contribution in [0, 0.1) is 11.3 Å². The second kappa shape index (κ2) is 4.00. The molecule has 5 nitrogen and oxygen atoms in total. The summed E-state index contributed by atoms with van der Waals surface area (Å²) in [6.45, 7) is 0.660. The number of aromatic nitrogens is 2. The first-order valence-corrected chi connectivity index (χ1v) is 6.34. The first-order valence-electron chi connectivity index (χ1n) is 6.34. The number of hydrogen-bond acceptors (Lipinski definition) is 4. The van der Waals surface area contributed by atoms with Crippen molar-refractivity contribution in [1.82, 2.24) is 9.97 Å². The fraction of sp³-hybridized carbons (Fsp3) is 0.0667. The maximum atomic E-state index is 8.91. The molecule has 0 spiro atoms. The van der Waals surface area contributed by atoms with Gasteiger partial charge in [-0.3, -0.25) is 0 Å². The van der Waals surface area contributed by atoms with Crippen LogP contribution in [0.15, 0.2) is 42.7 Å². The standard InChI is InChI=1S/C15H11N5/c16-7-10-5-14-15(18-8-10)20(9-19-14)12-1-2-13-11(6-12)3-4-17-13/h1-6,8,17,19H,9H2. The van der Waals surface area contributed by atoms with Gasteiger partial charge >= 0.3 is 0 Å². The van der Waals surface area contributed by atoms with E-state index in [1.165, 1.54) is 5.39 Å². The highest BCUT2D eigenvalue weighted by Gasteiger charge is 2.22. The van der Waals surface area contributed by atoms with Crippen LogP contribution in [0.25, 0.3) is 10.9 Å². The minimum absolute atomic E-state index is 0.569. The van der Waals surface area contributed by atoms with Crippen LogP contribution in [-0.4, -0.2) is 16.6 Å². The number of pyridine rings is 1. The van der Waals surface area contributed by atoms with Crippen molar-refractivity contribution < 1.29 is 0 Å². The zero-order valence-electron chi connectivity index (χ0n) is 10.6. The fourth-order valence-corrected chi connectivity index (χ4v) is 2.53. The average Bonchev–Trinajstić information content (AvgIpc) is 3.11. The summed E-state index contributed by atoms with van der Waals surface area (Å²) in [6, 6.07) is 12.2. The van der Waals surface area contributed by atoms with Crippen LogP contribution >= 0.6 is 0 Å². The van der Waals surface area contributed by atoms with E-state index in [4.69, 9.17) is 5.26 Å². The Hall–Kier alpha value is -3.00. The lowest BCUT2D eigenvalue weighted by molar-refractivity contribution is 1.07. The van der Waals surface area contributed by atoms with Gasteiger partial charge in [-0.2, -0.15) is 5.26 Å². The molecule has 0 bridgehead atoms. The number of rotatable bonds is 1. The molecule has 0 saturated carbocycles. The van der Waals surface area contributed by atoms with Crippen molar-refractivity contribution >= 4 is 28.1 Å². The number of H-pyrrole nitrogens is 1. The van der Waals surface area contributed by atoms with E-state index in [0.717, 1.165) is 22.7 Å². The molecule has 3 heterocycles. The van der Waals surface area contributed by atoms with Gasteiger partial charge in [-0.1, -0.05) is 0 Å². The van der Waals surface area contributed by atoms with Gasteiger partial charge in [-0.05, 0) is 30.3 Å². The third kappa shape index (κ3) is 1.52. The number of hydrogen-bond donors (Lipinski definition) is 2. The van der Waals surface area contributed by atoms with Crippen molar-refractivity contribution in [1.29, 1.82) is 5.26 Å². The number of fused-ring (bicyclic) bond motifs is 2. The summed E-state index contributed by atoms with van der Waals surface area (Å²) in [6.07, 6.45) is 3.54. The topological polar surface area (TPSA) is 67.7 Å². The lowest BCUT2D eigenvalue weighted by atomic mass is 10.2. The largest absolute Gasteiger partial charge is 0.364 e. The number of nitrogens with one attached hydrogen (secondary N) is 2. The molecule has 0 saturated heterocycles. The molecule has 0 fully saturated rings. The first kappa shape index (κ1) is 10.9. The van der Waals surface area contributed by atoms with E-state index in [9.17, 15) is 0 Å². The normalized spacial score (nSPS) is 13.1. The minimum Gasteiger partial charge on any atom is -0.364 e. The van der Waals surface area contributed by atoms with Crippen molar-refractivity contribution in [3.63, 3.8) is 0 Å². The molecule has 3 aromatic rings. The van der Waals surface area contributed by atoms with E-state index in [-0.39, 0.29) is 0 Å². The molecule has 0 amide bonds. The van der Waals surface area contributed by atoms with E-state index in [0.29, 0.717) is 12.2 Å². The summed E-state index contributed by atoms with van der Waals surface area (Å²) in [4.78, 5) is 9.67. The summed E-state index contributed by atoms with van der Waals surface area (Å²) >= 11 is 0. The lowest BCUT2D eigenvalue weighted by Gasteiger charge is -2.17. The SMILES string of the molecule is N#Cc1cnc2c(c1)NCN2c1ccc2[nH]ccc2c1. The number of nitrogens with zero attached hydrogens (tertiary/aromatic N) is 3. The summed E-state index contributed by atoms with van der Waals surface area (Å²) in [7, 11) is 0. The number of aromatic amines is 1. The van der Waals surface area contributed by atoms with Crippen LogP contribution in [0.3, 0.4) is 0 Å². The van der Waals surface area contributed by atoms with Gasteiger partial charge in [0, 0.05) is 29.0 Å². The summed E-state index contributed by atoms with van der Waals surface area (Å²) < 4.78 is 0. The Balaban J connectivity index is 1.80. The zero-order valence-corrected chi connectivity index (χ0v) is 10.6. The van der Waals surface area contributed by atoms with Gasteiger partial charge < -0.3 is 15.2 Å². The van der Waals surface area contributed by atoms with Crippen molar-refractivity contribution in [2.45, 2.75) is 0 Å². The molecule has 0 aliphatic carbocycles. The highest BCUT2D eigenvalue weighted by Crippen LogP contribution is 2.36. The highest BCUT2D eigenvalue weighted by atomic mass is 15.3. The number of anilines is 3. The van der Waals surface area contributed by atoms with Crippen LogP contribution < -0.4 is 10.2 Å².